The zero-order valence-corrected chi connectivity index (χ0v) is 12.9. The molecule has 0 bridgehead atoms. The molecule has 1 amide bonds. The van der Waals surface area contributed by atoms with E-state index in [0.717, 1.165) is 24.9 Å². The maximum Gasteiger partial charge on any atom is 0.226 e. The van der Waals surface area contributed by atoms with Crippen LogP contribution < -0.4 is 0 Å². The monoisotopic (exact) mass is 281 g/mol. The molecular weight excluding hydrogens is 258 g/mol. The van der Waals surface area contributed by atoms with E-state index in [0.29, 0.717) is 6.42 Å². The van der Waals surface area contributed by atoms with Crippen molar-refractivity contribution in [1.82, 2.24) is 4.90 Å². The molecule has 21 heavy (non-hydrogen) atoms. The lowest BCUT2D eigenvalue weighted by molar-refractivity contribution is -0.129. The summed E-state index contributed by atoms with van der Waals surface area (Å²) in [5, 5.41) is 0. The Morgan fingerprint density at radius 3 is 2.19 bits per heavy atom. The molecular formula is C19H23NO. The highest BCUT2D eigenvalue weighted by Crippen LogP contribution is 2.19. The van der Waals surface area contributed by atoms with Crippen LogP contribution in [-0.4, -0.2) is 24.4 Å². The number of amides is 1. The summed E-state index contributed by atoms with van der Waals surface area (Å²) < 4.78 is 0. The molecule has 0 fully saturated rings. The molecule has 0 aliphatic rings. The number of nitrogens with zero attached hydrogens (tertiary/aromatic N) is 1. The fourth-order valence-electron chi connectivity index (χ4n) is 2.28. The number of unbranched alkanes of at least 4 members (excludes halogenated alkanes) is 1. The lowest BCUT2D eigenvalue weighted by Gasteiger charge is -2.16. The average Bonchev–Trinajstić information content (AvgIpc) is 2.54. The SMILES string of the molecule is CCCCN(C)C(=O)Cc1ccc(-c2ccccc2)cc1. The molecule has 0 aromatic heterocycles. The summed E-state index contributed by atoms with van der Waals surface area (Å²) in [6, 6.07) is 18.6. The van der Waals surface area contributed by atoms with Gasteiger partial charge < -0.3 is 4.90 Å². The maximum atomic E-state index is 12.1. The number of carbonyl (C=O) groups is 1. The van der Waals surface area contributed by atoms with Gasteiger partial charge in [0.2, 0.25) is 5.91 Å². The number of benzene rings is 2. The zero-order chi connectivity index (χ0) is 15.1. The van der Waals surface area contributed by atoms with Gasteiger partial charge in [-0.25, -0.2) is 0 Å². The van der Waals surface area contributed by atoms with Crippen molar-refractivity contribution in [2.75, 3.05) is 13.6 Å². The minimum absolute atomic E-state index is 0.191. The molecule has 0 aliphatic heterocycles. The van der Waals surface area contributed by atoms with Crippen molar-refractivity contribution in [1.29, 1.82) is 0 Å². The number of hydrogen-bond donors (Lipinski definition) is 0. The molecule has 0 aliphatic carbocycles. The van der Waals surface area contributed by atoms with Crippen LogP contribution in [0.25, 0.3) is 11.1 Å². The van der Waals surface area contributed by atoms with Gasteiger partial charge in [0.05, 0.1) is 6.42 Å². The summed E-state index contributed by atoms with van der Waals surface area (Å²) >= 11 is 0. The van der Waals surface area contributed by atoms with Crippen molar-refractivity contribution in [3.05, 3.63) is 60.2 Å². The molecule has 2 heteroatoms. The van der Waals surface area contributed by atoms with E-state index in [1.54, 1.807) is 0 Å². The van der Waals surface area contributed by atoms with E-state index in [-0.39, 0.29) is 5.91 Å². The first-order valence-corrected chi connectivity index (χ1v) is 7.59. The molecule has 110 valence electrons. The van der Waals surface area contributed by atoms with Gasteiger partial charge in [0, 0.05) is 13.6 Å². The van der Waals surface area contributed by atoms with Crippen LogP contribution in [0.15, 0.2) is 54.6 Å². The van der Waals surface area contributed by atoms with Crippen LogP contribution in [0.2, 0.25) is 0 Å². The summed E-state index contributed by atoms with van der Waals surface area (Å²) in [4.78, 5) is 13.9. The molecule has 2 aromatic rings. The largest absolute Gasteiger partial charge is 0.345 e. The van der Waals surface area contributed by atoms with E-state index in [1.807, 2.05) is 42.3 Å². The number of likely N-dealkylation sites (N-methyl/N-ethyl adjacent to an activating group) is 1. The van der Waals surface area contributed by atoms with Crippen LogP contribution >= 0.6 is 0 Å². The van der Waals surface area contributed by atoms with Crippen LogP contribution in [-0.2, 0) is 11.2 Å². The van der Waals surface area contributed by atoms with Crippen molar-refractivity contribution in [2.45, 2.75) is 26.2 Å². The molecule has 0 heterocycles. The topological polar surface area (TPSA) is 20.3 Å². The van der Waals surface area contributed by atoms with Crippen LogP contribution in [0.4, 0.5) is 0 Å². The van der Waals surface area contributed by atoms with Crippen molar-refractivity contribution in [3.63, 3.8) is 0 Å². The maximum absolute atomic E-state index is 12.1. The Bertz CT molecular complexity index is 560. The average molecular weight is 281 g/mol. The summed E-state index contributed by atoms with van der Waals surface area (Å²) in [5.74, 6) is 0.191. The van der Waals surface area contributed by atoms with Crippen molar-refractivity contribution < 1.29 is 4.79 Å². The van der Waals surface area contributed by atoms with Crippen molar-refractivity contribution in [3.8, 4) is 11.1 Å². The Morgan fingerprint density at radius 2 is 1.57 bits per heavy atom. The van der Waals surface area contributed by atoms with Crippen molar-refractivity contribution in [2.24, 2.45) is 0 Å². The van der Waals surface area contributed by atoms with Crippen molar-refractivity contribution >= 4 is 5.91 Å². The van der Waals surface area contributed by atoms with Gasteiger partial charge in [-0.1, -0.05) is 67.9 Å². The van der Waals surface area contributed by atoms with Crippen LogP contribution in [0.3, 0.4) is 0 Å². The molecule has 2 nitrogen and oxygen atoms in total. The standard InChI is InChI=1S/C19H23NO/c1-3-4-14-20(2)19(21)15-16-10-12-18(13-11-16)17-8-6-5-7-9-17/h5-13H,3-4,14-15H2,1-2H3. The number of rotatable bonds is 6. The van der Waals surface area contributed by atoms with Crippen LogP contribution in [0, 0.1) is 0 Å². The number of carbonyl (C=O) groups excluding carboxylic acids is 1. The van der Waals surface area contributed by atoms with E-state index in [2.05, 4.69) is 31.2 Å². The fourth-order valence-corrected chi connectivity index (χ4v) is 2.28. The van der Waals surface area contributed by atoms with E-state index >= 15 is 0 Å². The molecule has 0 spiro atoms. The van der Waals surface area contributed by atoms with Gasteiger partial charge in [-0.2, -0.15) is 0 Å². The molecule has 2 rings (SSSR count). The second kappa shape index (κ2) is 7.63. The van der Waals surface area contributed by atoms with Gasteiger partial charge in [-0.15, -0.1) is 0 Å². The van der Waals surface area contributed by atoms with E-state index in [4.69, 9.17) is 0 Å². The van der Waals surface area contributed by atoms with Gasteiger partial charge in [-0.05, 0) is 23.1 Å². The normalized spacial score (nSPS) is 10.4. The molecule has 0 radical (unpaired) electrons. The summed E-state index contributed by atoms with van der Waals surface area (Å²) in [6.45, 7) is 2.98. The highest BCUT2D eigenvalue weighted by atomic mass is 16.2. The van der Waals surface area contributed by atoms with E-state index in [1.165, 1.54) is 11.1 Å². The Morgan fingerprint density at radius 1 is 0.952 bits per heavy atom. The smallest absolute Gasteiger partial charge is 0.226 e. The molecule has 2 aromatic carbocycles. The Labute approximate surface area is 127 Å². The third-order valence-electron chi connectivity index (χ3n) is 3.69. The third kappa shape index (κ3) is 4.45. The molecule has 0 unspecified atom stereocenters. The zero-order valence-electron chi connectivity index (χ0n) is 12.9. The lowest BCUT2D eigenvalue weighted by atomic mass is 10.0. The van der Waals surface area contributed by atoms with Gasteiger partial charge in [-0.3, -0.25) is 4.79 Å². The van der Waals surface area contributed by atoms with E-state index in [9.17, 15) is 4.79 Å². The quantitative estimate of drug-likeness (QED) is 0.778. The summed E-state index contributed by atoms with van der Waals surface area (Å²) in [6.07, 6.45) is 2.66. The minimum atomic E-state index is 0.191. The predicted octanol–water partition coefficient (Wildman–Crippen LogP) is 4.15. The molecule has 0 saturated carbocycles. The highest BCUT2D eigenvalue weighted by molar-refractivity contribution is 5.78. The predicted molar refractivity (Wildman–Crippen MR) is 88.1 cm³/mol. The first kappa shape index (κ1) is 15.3. The Hall–Kier alpha value is -2.09. The Kier molecular flexibility index (Phi) is 5.56. The first-order valence-electron chi connectivity index (χ1n) is 7.59. The fraction of sp³-hybridized carbons (Fsp3) is 0.316. The Balaban J connectivity index is 1.98. The third-order valence-corrected chi connectivity index (χ3v) is 3.69. The lowest BCUT2D eigenvalue weighted by Crippen LogP contribution is -2.29. The highest BCUT2D eigenvalue weighted by Gasteiger charge is 2.09. The van der Waals surface area contributed by atoms with Gasteiger partial charge in [0.1, 0.15) is 0 Å². The van der Waals surface area contributed by atoms with Gasteiger partial charge >= 0.3 is 0 Å². The van der Waals surface area contributed by atoms with E-state index < -0.39 is 0 Å². The molecule has 0 N–H and O–H groups in total. The van der Waals surface area contributed by atoms with Gasteiger partial charge in [0.15, 0.2) is 0 Å². The van der Waals surface area contributed by atoms with Crippen LogP contribution in [0.5, 0.6) is 0 Å². The molecule has 0 saturated heterocycles. The minimum Gasteiger partial charge on any atom is -0.345 e. The first-order chi connectivity index (χ1) is 10.2. The van der Waals surface area contributed by atoms with Gasteiger partial charge in [0.25, 0.3) is 0 Å². The number of hydrogen-bond acceptors (Lipinski definition) is 1. The summed E-state index contributed by atoms with van der Waals surface area (Å²) in [7, 11) is 1.89. The second-order valence-electron chi connectivity index (χ2n) is 5.41. The summed E-state index contributed by atoms with van der Waals surface area (Å²) in [5.41, 5.74) is 3.46. The molecule has 0 atom stereocenters. The second-order valence-corrected chi connectivity index (χ2v) is 5.41. The van der Waals surface area contributed by atoms with Crippen LogP contribution in [0.1, 0.15) is 25.3 Å².